The molecule has 0 aromatic rings. The van der Waals surface area contributed by atoms with Crippen LogP contribution in [-0.4, -0.2) is 53.4 Å². The summed E-state index contributed by atoms with van der Waals surface area (Å²) < 4.78 is 0. The van der Waals surface area contributed by atoms with Gasteiger partial charge in [-0.25, -0.2) is 4.79 Å². The minimum absolute atomic E-state index is 0.170. The molecule has 2 fully saturated rings. The lowest BCUT2D eigenvalue weighted by molar-refractivity contribution is -0.132. The van der Waals surface area contributed by atoms with Gasteiger partial charge in [0, 0.05) is 6.04 Å². The van der Waals surface area contributed by atoms with E-state index in [-0.39, 0.29) is 24.4 Å². The molecular formula is C15H25N3O3S. The molecule has 2 N–H and O–H groups in total. The first kappa shape index (κ1) is 17.1. The molecular weight excluding hydrogens is 302 g/mol. The highest BCUT2D eigenvalue weighted by Crippen LogP contribution is 2.17. The molecule has 0 bridgehead atoms. The summed E-state index contributed by atoms with van der Waals surface area (Å²) in [5, 5.41) is 5.62. The van der Waals surface area contributed by atoms with Crippen molar-refractivity contribution in [1.82, 2.24) is 15.5 Å². The molecule has 2 rings (SSSR count). The third-order valence-corrected chi connectivity index (χ3v) is 4.88. The Kier molecular flexibility index (Phi) is 6.54. The predicted molar refractivity (Wildman–Crippen MR) is 86.7 cm³/mol. The largest absolute Gasteiger partial charge is 0.352 e. The van der Waals surface area contributed by atoms with Gasteiger partial charge in [0.25, 0.3) is 5.91 Å². The summed E-state index contributed by atoms with van der Waals surface area (Å²) in [6, 6.07) is -0.749. The van der Waals surface area contributed by atoms with Crippen molar-refractivity contribution in [1.29, 1.82) is 0 Å². The van der Waals surface area contributed by atoms with Crippen LogP contribution < -0.4 is 10.6 Å². The van der Waals surface area contributed by atoms with Gasteiger partial charge in [-0.2, -0.15) is 11.8 Å². The van der Waals surface area contributed by atoms with Crippen LogP contribution >= 0.6 is 11.8 Å². The maximum absolute atomic E-state index is 12.2. The standard InChI is InChI=1S/C15H25N3O3S/c1-22-9-8-12-14(20)18(15(21)17-12)10-13(19)16-11-6-4-2-3-5-7-11/h11-12H,2-10H2,1H3,(H,16,19)(H,17,21)/t12-/m0/s1. The third-order valence-electron chi connectivity index (χ3n) is 4.24. The second-order valence-electron chi connectivity index (χ2n) is 5.96. The smallest absolute Gasteiger partial charge is 0.325 e. The zero-order chi connectivity index (χ0) is 15.9. The number of urea groups is 1. The highest BCUT2D eigenvalue weighted by molar-refractivity contribution is 7.98. The van der Waals surface area contributed by atoms with Crippen LogP contribution in [0.4, 0.5) is 4.79 Å². The van der Waals surface area contributed by atoms with Gasteiger partial charge in [0.2, 0.25) is 5.91 Å². The van der Waals surface area contributed by atoms with Gasteiger partial charge < -0.3 is 10.6 Å². The number of imide groups is 1. The molecule has 22 heavy (non-hydrogen) atoms. The fourth-order valence-electron chi connectivity index (χ4n) is 3.00. The van der Waals surface area contributed by atoms with Crippen molar-refractivity contribution in [3.8, 4) is 0 Å². The predicted octanol–water partition coefficient (Wildman–Crippen LogP) is 1.50. The van der Waals surface area contributed by atoms with Crippen LogP contribution in [0.2, 0.25) is 0 Å². The van der Waals surface area contributed by atoms with E-state index in [0.29, 0.717) is 6.42 Å². The van der Waals surface area contributed by atoms with E-state index in [9.17, 15) is 14.4 Å². The van der Waals surface area contributed by atoms with E-state index in [1.165, 1.54) is 12.8 Å². The zero-order valence-corrected chi connectivity index (χ0v) is 13.9. The summed E-state index contributed by atoms with van der Waals surface area (Å²) in [5.74, 6) is 0.287. The number of amides is 4. The first-order chi connectivity index (χ1) is 10.6. The van der Waals surface area contributed by atoms with E-state index in [4.69, 9.17) is 0 Å². The first-order valence-corrected chi connectivity index (χ1v) is 9.41. The van der Waals surface area contributed by atoms with E-state index >= 15 is 0 Å². The van der Waals surface area contributed by atoms with Gasteiger partial charge in [0.1, 0.15) is 12.6 Å². The summed E-state index contributed by atoms with van der Waals surface area (Å²) in [6.07, 6.45) is 9.23. The van der Waals surface area contributed by atoms with Crippen molar-refractivity contribution in [3.05, 3.63) is 0 Å². The van der Waals surface area contributed by atoms with Gasteiger partial charge >= 0.3 is 6.03 Å². The van der Waals surface area contributed by atoms with Crippen LogP contribution in [-0.2, 0) is 9.59 Å². The number of nitrogens with one attached hydrogen (secondary N) is 2. The quantitative estimate of drug-likeness (QED) is 0.572. The maximum atomic E-state index is 12.2. The zero-order valence-electron chi connectivity index (χ0n) is 13.1. The van der Waals surface area contributed by atoms with Crippen LogP contribution in [0.5, 0.6) is 0 Å². The molecule has 0 aromatic carbocycles. The molecule has 0 aromatic heterocycles. The van der Waals surface area contributed by atoms with Crippen molar-refractivity contribution in [2.24, 2.45) is 0 Å². The Morgan fingerprint density at radius 1 is 1.27 bits per heavy atom. The normalized spacial score (nSPS) is 23.3. The SMILES string of the molecule is CSCC[C@@H]1NC(=O)N(CC(=O)NC2CCCCCC2)C1=O. The summed E-state index contributed by atoms with van der Waals surface area (Å²) in [5.41, 5.74) is 0. The van der Waals surface area contributed by atoms with Crippen molar-refractivity contribution in [3.63, 3.8) is 0 Å². The lowest BCUT2D eigenvalue weighted by Crippen LogP contribution is -2.44. The molecule has 6 nitrogen and oxygen atoms in total. The van der Waals surface area contributed by atoms with E-state index < -0.39 is 12.1 Å². The van der Waals surface area contributed by atoms with Gasteiger partial charge in [0.05, 0.1) is 0 Å². The molecule has 0 radical (unpaired) electrons. The van der Waals surface area contributed by atoms with Gasteiger partial charge in [-0.3, -0.25) is 14.5 Å². The highest BCUT2D eigenvalue weighted by Gasteiger charge is 2.38. The number of carbonyl (C=O) groups is 3. The van der Waals surface area contributed by atoms with Crippen molar-refractivity contribution < 1.29 is 14.4 Å². The lowest BCUT2D eigenvalue weighted by atomic mass is 10.1. The second-order valence-corrected chi connectivity index (χ2v) is 6.95. The van der Waals surface area contributed by atoms with E-state index in [0.717, 1.165) is 36.3 Å². The van der Waals surface area contributed by atoms with Crippen LogP contribution in [0.25, 0.3) is 0 Å². The maximum Gasteiger partial charge on any atom is 0.325 e. The molecule has 124 valence electrons. The Morgan fingerprint density at radius 3 is 2.59 bits per heavy atom. The lowest BCUT2D eigenvalue weighted by Gasteiger charge is -2.18. The van der Waals surface area contributed by atoms with Crippen LogP contribution in [0.3, 0.4) is 0 Å². The van der Waals surface area contributed by atoms with E-state index in [1.807, 2.05) is 6.26 Å². The average molecular weight is 327 g/mol. The minimum atomic E-state index is -0.481. The second kappa shape index (κ2) is 8.41. The van der Waals surface area contributed by atoms with Crippen LogP contribution in [0, 0.1) is 0 Å². The highest BCUT2D eigenvalue weighted by atomic mass is 32.2. The molecule has 1 saturated heterocycles. The number of carbonyl (C=O) groups excluding carboxylic acids is 3. The Bertz CT molecular complexity index is 422. The Morgan fingerprint density at radius 2 is 1.95 bits per heavy atom. The van der Waals surface area contributed by atoms with Crippen molar-refractivity contribution >= 4 is 29.6 Å². The third kappa shape index (κ3) is 4.63. The fraction of sp³-hybridized carbons (Fsp3) is 0.800. The summed E-state index contributed by atoms with van der Waals surface area (Å²) in [6.45, 7) is -0.170. The topological polar surface area (TPSA) is 78.5 Å². The van der Waals surface area contributed by atoms with Gasteiger partial charge in [-0.05, 0) is 31.3 Å². The summed E-state index contributed by atoms with van der Waals surface area (Å²) >= 11 is 1.63. The van der Waals surface area contributed by atoms with Crippen molar-refractivity contribution in [2.75, 3.05) is 18.6 Å². The van der Waals surface area contributed by atoms with Gasteiger partial charge in [0.15, 0.2) is 0 Å². The van der Waals surface area contributed by atoms with Gasteiger partial charge in [-0.1, -0.05) is 25.7 Å². The van der Waals surface area contributed by atoms with Crippen molar-refractivity contribution in [2.45, 2.75) is 57.0 Å². The monoisotopic (exact) mass is 327 g/mol. The molecule has 1 saturated carbocycles. The minimum Gasteiger partial charge on any atom is -0.352 e. The van der Waals surface area contributed by atoms with E-state index in [1.54, 1.807) is 11.8 Å². The molecule has 2 aliphatic rings. The van der Waals surface area contributed by atoms with E-state index in [2.05, 4.69) is 10.6 Å². The summed E-state index contributed by atoms with van der Waals surface area (Å²) in [7, 11) is 0. The molecule has 1 atom stereocenters. The molecule has 4 amide bonds. The number of hydrogen-bond donors (Lipinski definition) is 2. The van der Waals surface area contributed by atoms with Crippen LogP contribution in [0.15, 0.2) is 0 Å². The molecule has 0 unspecified atom stereocenters. The van der Waals surface area contributed by atoms with Gasteiger partial charge in [-0.15, -0.1) is 0 Å². The number of hydrogen-bond acceptors (Lipinski definition) is 4. The number of rotatable bonds is 6. The molecule has 1 heterocycles. The fourth-order valence-corrected chi connectivity index (χ4v) is 3.47. The first-order valence-electron chi connectivity index (χ1n) is 8.02. The molecule has 0 spiro atoms. The number of nitrogens with zero attached hydrogens (tertiary/aromatic N) is 1. The Balaban J connectivity index is 1.82. The molecule has 1 aliphatic carbocycles. The Labute approximate surface area is 135 Å². The average Bonchev–Trinajstić information content (AvgIpc) is 2.70. The molecule has 7 heteroatoms. The Hall–Kier alpha value is -1.24. The van der Waals surface area contributed by atoms with Crippen LogP contribution in [0.1, 0.15) is 44.9 Å². The molecule has 1 aliphatic heterocycles. The number of thioether (sulfide) groups is 1. The summed E-state index contributed by atoms with van der Waals surface area (Å²) in [4.78, 5) is 37.1.